The van der Waals surface area contributed by atoms with Crippen molar-refractivity contribution in [3.05, 3.63) is 35.4 Å². The predicted octanol–water partition coefficient (Wildman–Crippen LogP) is 2.73. The molecule has 2 rings (SSSR count). The zero-order valence-electron chi connectivity index (χ0n) is 12.7. The van der Waals surface area contributed by atoms with Gasteiger partial charge in [-0.15, -0.1) is 0 Å². The van der Waals surface area contributed by atoms with Gasteiger partial charge in [0.25, 0.3) is 0 Å². The molecule has 1 saturated heterocycles. The lowest BCUT2D eigenvalue weighted by Gasteiger charge is -2.24. The molecule has 1 aromatic carbocycles. The average Bonchev–Trinajstić information content (AvgIpc) is 2.48. The van der Waals surface area contributed by atoms with E-state index in [0.29, 0.717) is 18.9 Å². The van der Waals surface area contributed by atoms with Crippen LogP contribution in [0.15, 0.2) is 24.3 Å². The van der Waals surface area contributed by atoms with Gasteiger partial charge in [-0.25, -0.2) is 0 Å². The first-order chi connectivity index (χ1) is 9.65. The van der Waals surface area contributed by atoms with Crippen LogP contribution < -0.4 is 5.32 Å². The normalized spacial score (nSPS) is 18.8. The summed E-state index contributed by atoms with van der Waals surface area (Å²) in [6, 6.07) is 8.40. The standard InChI is InChI=1S/C17H26N2O/c1-14-5-7-16(8-6-14)13-19(2)17(20)10-9-15-4-3-11-18-12-15/h5-8,15,18H,3-4,9-13H2,1-2H3. The van der Waals surface area contributed by atoms with E-state index < -0.39 is 0 Å². The third-order valence-corrected chi connectivity index (χ3v) is 4.13. The Balaban J connectivity index is 1.75. The SMILES string of the molecule is Cc1ccc(CN(C)C(=O)CCC2CCCNC2)cc1. The fraction of sp³-hybridized carbons (Fsp3) is 0.588. The molecule has 1 aliphatic rings. The van der Waals surface area contributed by atoms with Gasteiger partial charge in [0.15, 0.2) is 0 Å². The minimum absolute atomic E-state index is 0.260. The lowest BCUT2D eigenvalue weighted by molar-refractivity contribution is -0.130. The molecule has 110 valence electrons. The number of nitrogens with one attached hydrogen (secondary N) is 1. The van der Waals surface area contributed by atoms with E-state index in [4.69, 9.17) is 0 Å². The van der Waals surface area contributed by atoms with E-state index >= 15 is 0 Å². The van der Waals surface area contributed by atoms with Gasteiger partial charge in [0.05, 0.1) is 0 Å². The Morgan fingerprint density at radius 1 is 1.35 bits per heavy atom. The summed E-state index contributed by atoms with van der Waals surface area (Å²) in [5.74, 6) is 0.941. The van der Waals surface area contributed by atoms with Gasteiger partial charge < -0.3 is 10.2 Å². The van der Waals surface area contributed by atoms with E-state index in [1.54, 1.807) is 0 Å². The van der Waals surface area contributed by atoms with Crippen molar-refractivity contribution >= 4 is 5.91 Å². The molecule has 0 saturated carbocycles. The first-order valence-electron chi connectivity index (χ1n) is 7.65. The molecule has 1 unspecified atom stereocenters. The van der Waals surface area contributed by atoms with Crippen LogP contribution in [0.3, 0.4) is 0 Å². The van der Waals surface area contributed by atoms with Gasteiger partial charge in [-0.3, -0.25) is 4.79 Å². The Labute approximate surface area is 122 Å². The number of hydrogen-bond acceptors (Lipinski definition) is 2. The first-order valence-corrected chi connectivity index (χ1v) is 7.65. The number of hydrogen-bond donors (Lipinski definition) is 1. The molecule has 1 heterocycles. The van der Waals surface area contributed by atoms with E-state index in [0.717, 1.165) is 19.5 Å². The monoisotopic (exact) mass is 274 g/mol. The second-order valence-corrected chi connectivity index (χ2v) is 5.99. The average molecular weight is 274 g/mol. The van der Waals surface area contributed by atoms with Crippen LogP contribution in [0.4, 0.5) is 0 Å². The molecule has 0 spiro atoms. The predicted molar refractivity (Wildman–Crippen MR) is 82.5 cm³/mol. The number of carbonyl (C=O) groups is 1. The van der Waals surface area contributed by atoms with E-state index in [1.165, 1.54) is 24.0 Å². The summed E-state index contributed by atoms with van der Waals surface area (Å²) in [5, 5.41) is 3.41. The van der Waals surface area contributed by atoms with Crippen LogP contribution in [0.5, 0.6) is 0 Å². The molecule has 0 aromatic heterocycles. The Kier molecular flexibility index (Phi) is 5.60. The topological polar surface area (TPSA) is 32.3 Å². The molecule has 3 nitrogen and oxygen atoms in total. The van der Waals surface area contributed by atoms with Gasteiger partial charge in [0.2, 0.25) is 5.91 Å². The van der Waals surface area contributed by atoms with Gasteiger partial charge in [0, 0.05) is 20.0 Å². The molecule has 0 aliphatic carbocycles. The van der Waals surface area contributed by atoms with Crippen LogP contribution in [0.2, 0.25) is 0 Å². The molecule has 1 atom stereocenters. The summed E-state index contributed by atoms with van der Waals surface area (Å²) >= 11 is 0. The third-order valence-electron chi connectivity index (χ3n) is 4.13. The smallest absolute Gasteiger partial charge is 0.222 e. The molecule has 1 aromatic rings. The van der Waals surface area contributed by atoms with Crippen molar-refractivity contribution in [2.75, 3.05) is 20.1 Å². The van der Waals surface area contributed by atoms with Crippen LogP contribution >= 0.6 is 0 Å². The van der Waals surface area contributed by atoms with Crippen LogP contribution in [0, 0.1) is 12.8 Å². The highest BCUT2D eigenvalue weighted by Gasteiger charge is 2.16. The van der Waals surface area contributed by atoms with E-state index in [1.807, 2.05) is 11.9 Å². The molecular formula is C17H26N2O. The van der Waals surface area contributed by atoms with E-state index in [-0.39, 0.29) is 5.91 Å². The van der Waals surface area contributed by atoms with Crippen LogP contribution in [0.25, 0.3) is 0 Å². The summed E-state index contributed by atoms with van der Waals surface area (Å²) in [5.41, 5.74) is 2.46. The highest BCUT2D eigenvalue weighted by molar-refractivity contribution is 5.75. The maximum Gasteiger partial charge on any atom is 0.222 e. The lowest BCUT2D eigenvalue weighted by Crippen LogP contribution is -2.31. The summed E-state index contributed by atoms with van der Waals surface area (Å²) in [4.78, 5) is 14.0. The van der Waals surface area contributed by atoms with Crippen molar-refractivity contribution in [2.45, 2.75) is 39.2 Å². The summed E-state index contributed by atoms with van der Waals surface area (Å²) in [6.45, 7) is 5.01. The van der Waals surface area contributed by atoms with Gasteiger partial charge >= 0.3 is 0 Å². The fourth-order valence-electron chi connectivity index (χ4n) is 2.74. The number of piperidine rings is 1. The Morgan fingerprint density at radius 3 is 2.75 bits per heavy atom. The molecule has 0 radical (unpaired) electrons. The molecule has 1 N–H and O–H groups in total. The molecule has 1 fully saturated rings. The number of rotatable bonds is 5. The molecule has 1 aliphatic heterocycles. The number of nitrogens with zero attached hydrogens (tertiary/aromatic N) is 1. The Hall–Kier alpha value is -1.35. The van der Waals surface area contributed by atoms with Crippen molar-refractivity contribution in [1.82, 2.24) is 10.2 Å². The van der Waals surface area contributed by atoms with E-state index in [2.05, 4.69) is 36.5 Å². The van der Waals surface area contributed by atoms with Gasteiger partial charge in [-0.05, 0) is 50.8 Å². The molecule has 20 heavy (non-hydrogen) atoms. The van der Waals surface area contributed by atoms with Crippen molar-refractivity contribution < 1.29 is 4.79 Å². The number of amides is 1. The maximum atomic E-state index is 12.2. The third kappa shape index (κ3) is 4.64. The van der Waals surface area contributed by atoms with Crippen LogP contribution in [-0.2, 0) is 11.3 Å². The second-order valence-electron chi connectivity index (χ2n) is 5.99. The number of aryl methyl sites for hydroxylation is 1. The van der Waals surface area contributed by atoms with Crippen molar-refractivity contribution in [3.8, 4) is 0 Å². The van der Waals surface area contributed by atoms with Gasteiger partial charge in [-0.1, -0.05) is 29.8 Å². The molecular weight excluding hydrogens is 248 g/mol. The number of benzene rings is 1. The summed E-state index contributed by atoms with van der Waals surface area (Å²) in [7, 11) is 1.90. The van der Waals surface area contributed by atoms with Gasteiger partial charge in [-0.2, -0.15) is 0 Å². The minimum atomic E-state index is 0.260. The number of carbonyl (C=O) groups excluding carboxylic acids is 1. The summed E-state index contributed by atoms with van der Waals surface area (Å²) in [6.07, 6.45) is 4.21. The molecule has 1 amide bonds. The molecule has 0 bridgehead atoms. The zero-order chi connectivity index (χ0) is 14.4. The Bertz CT molecular complexity index is 421. The zero-order valence-corrected chi connectivity index (χ0v) is 12.7. The van der Waals surface area contributed by atoms with Gasteiger partial charge in [0.1, 0.15) is 0 Å². The maximum absolute atomic E-state index is 12.2. The van der Waals surface area contributed by atoms with Crippen molar-refractivity contribution in [2.24, 2.45) is 5.92 Å². The molecule has 3 heteroatoms. The summed E-state index contributed by atoms with van der Waals surface area (Å²) < 4.78 is 0. The second kappa shape index (κ2) is 7.44. The fourth-order valence-corrected chi connectivity index (χ4v) is 2.74. The minimum Gasteiger partial charge on any atom is -0.341 e. The van der Waals surface area contributed by atoms with Crippen molar-refractivity contribution in [3.63, 3.8) is 0 Å². The lowest BCUT2D eigenvalue weighted by atomic mass is 9.94. The largest absolute Gasteiger partial charge is 0.341 e. The quantitative estimate of drug-likeness (QED) is 0.895. The first kappa shape index (κ1) is 15.0. The highest BCUT2D eigenvalue weighted by Crippen LogP contribution is 2.17. The Morgan fingerprint density at radius 2 is 2.10 bits per heavy atom. The van der Waals surface area contributed by atoms with E-state index in [9.17, 15) is 4.79 Å². The van der Waals surface area contributed by atoms with Crippen molar-refractivity contribution in [1.29, 1.82) is 0 Å². The highest BCUT2D eigenvalue weighted by atomic mass is 16.2. The van der Waals surface area contributed by atoms with Crippen LogP contribution in [0.1, 0.15) is 36.8 Å². The van der Waals surface area contributed by atoms with Crippen LogP contribution in [-0.4, -0.2) is 30.9 Å².